The van der Waals surface area contributed by atoms with E-state index in [1.165, 1.54) is 12.1 Å². The number of nitrogen functional groups attached to an aromatic ring is 1. The van der Waals surface area contributed by atoms with Crippen LogP contribution in [0, 0.1) is 5.82 Å². The third-order valence-electron chi connectivity index (χ3n) is 4.29. The van der Waals surface area contributed by atoms with Crippen molar-refractivity contribution in [2.24, 2.45) is 5.73 Å². The summed E-state index contributed by atoms with van der Waals surface area (Å²) in [5.74, 6) is 0.824. The Hall–Kier alpha value is -2.41. The van der Waals surface area contributed by atoms with Crippen LogP contribution in [0.25, 0.3) is 0 Å². The monoisotopic (exact) mass is 344 g/mol. The number of rotatable bonds is 5. The maximum absolute atomic E-state index is 14.0. The molecule has 2 heterocycles. The van der Waals surface area contributed by atoms with Crippen molar-refractivity contribution in [1.82, 2.24) is 9.97 Å². The molecular formula is C18H25FN6. The van der Waals surface area contributed by atoms with Gasteiger partial charge in [0.2, 0.25) is 5.95 Å². The summed E-state index contributed by atoms with van der Waals surface area (Å²) < 4.78 is 14.0. The molecule has 134 valence electrons. The van der Waals surface area contributed by atoms with Gasteiger partial charge in [0.1, 0.15) is 11.6 Å². The number of halogens is 1. The molecule has 1 atom stereocenters. The third kappa shape index (κ3) is 4.36. The molecule has 3 rings (SSSR count). The lowest BCUT2D eigenvalue weighted by Gasteiger charge is -2.32. The van der Waals surface area contributed by atoms with Gasteiger partial charge in [0.25, 0.3) is 0 Å². The third-order valence-corrected chi connectivity index (χ3v) is 4.29. The normalized spacial score (nSPS) is 17.6. The molecule has 2 aromatic rings. The van der Waals surface area contributed by atoms with Gasteiger partial charge in [0, 0.05) is 36.6 Å². The molecule has 1 aliphatic rings. The number of anilines is 4. The van der Waals surface area contributed by atoms with Gasteiger partial charge in [0.15, 0.2) is 0 Å². The Morgan fingerprint density at radius 1 is 1.32 bits per heavy atom. The van der Waals surface area contributed by atoms with Crippen molar-refractivity contribution in [3.63, 3.8) is 0 Å². The minimum Gasteiger partial charge on any atom is -0.399 e. The summed E-state index contributed by atoms with van der Waals surface area (Å²) in [4.78, 5) is 11.3. The lowest BCUT2D eigenvalue weighted by atomic mass is 10.1. The highest BCUT2D eigenvalue weighted by molar-refractivity contribution is 5.61. The molecule has 0 bridgehead atoms. The lowest BCUT2D eigenvalue weighted by Crippen LogP contribution is -2.43. The fourth-order valence-electron chi connectivity index (χ4n) is 3.06. The van der Waals surface area contributed by atoms with Crippen LogP contribution in [0.1, 0.15) is 31.9 Å². The molecule has 1 aromatic heterocycles. The second-order valence-corrected chi connectivity index (χ2v) is 6.50. The molecule has 0 unspecified atom stereocenters. The molecule has 1 fully saturated rings. The van der Waals surface area contributed by atoms with Crippen molar-refractivity contribution >= 4 is 23.1 Å². The number of hydrogen-bond donors (Lipinski definition) is 3. The molecule has 5 N–H and O–H groups in total. The van der Waals surface area contributed by atoms with E-state index in [2.05, 4.69) is 27.1 Å². The van der Waals surface area contributed by atoms with Crippen LogP contribution in [0.4, 0.5) is 27.5 Å². The standard InChI is InChI=1S/C18H25FN6/c1-2-4-14-10-17(25-8-3-5-13(21)11-25)24-18(22-14)23-16-9-12(20)6-7-15(16)19/h6-7,9-10,13H,2-5,8,11,20-21H2,1H3,(H,22,23,24)/t13-/m1/s1. The first-order chi connectivity index (χ1) is 12.0. The number of piperidine rings is 1. The van der Waals surface area contributed by atoms with Crippen LogP contribution in [0.2, 0.25) is 0 Å². The van der Waals surface area contributed by atoms with Gasteiger partial charge < -0.3 is 21.7 Å². The van der Waals surface area contributed by atoms with E-state index in [0.717, 1.165) is 50.3 Å². The van der Waals surface area contributed by atoms with Crippen molar-refractivity contribution in [3.8, 4) is 0 Å². The Balaban J connectivity index is 1.91. The molecule has 7 heteroatoms. The predicted molar refractivity (Wildman–Crippen MR) is 99.5 cm³/mol. The fraction of sp³-hybridized carbons (Fsp3) is 0.444. The zero-order valence-corrected chi connectivity index (χ0v) is 14.5. The summed E-state index contributed by atoms with van der Waals surface area (Å²) in [6, 6.07) is 6.55. The summed E-state index contributed by atoms with van der Waals surface area (Å²) in [7, 11) is 0. The van der Waals surface area contributed by atoms with E-state index < -0.39 is 0 Å². The van der Waals surface area contributed by atoms with E-state index in [4.69, 9.17) is 11.5 Å². The van der Waals surface area contributed by atoms with Crippen molar-refractivity contribution in [2.75, 3.05) is 29.0 Å². The van der Waals surface area contributed by atoms with Gasteiger partial charge in [-0.1, -0.05) is 13.3 Å². The zero-order chi connectivity index (χ0) is 17.8. The van der Waals surface area contributed by atoms with Crippen LogP contribution in [0.15, 0.2) is 24.3 Å². The molecular weight excluding hydrogens is 319 g/mol. The molecule has 25 heavy (non-hydrogen) atoms. The first-order valence-electron chi connectivity index (χ1n) is 8.75. The molecule has 1 aromatic carbocycles. The highest BCUT2D eigenvalue weighted by Crippen LogP contribution is 2.24. The maximum Gasteiger partial charge on any atom is 0.229 e. The first-order valence-corrected chi connectivity index (χ1v) is 8.75. The highest BCUT2D eigenvalue weighted by atomic mass is 19.1. The fourth-order valence-corrected chi connectivity index (χ4v) is 3.06. The zero-order valence-electron chi connectivity index (χ0n) is 14.5. The highest BCUT2D eigenvalue weighted by Gasteiger charge is 2.19. The van der Waals surface area contributed by atoms with Crippen LogP contribution < -0.4 is 21.7 Å². The van der Waals surface area contributed by atoms with Gasteiger partial charge in [-0.15, -0.1) is 0 Å². The summed E-state index contributed by atoms with van der Waals surface area (Å²) in [5, 5.41) is 2.97. The number of aryl methyl sites for hydroxylation is 1. The first kappa shape index (κ1) is 17.4. The second-order valence-electron chi connectivity index (χ2n) is 6.50. The summed E-state index contributed by atoms with van der Waals surface area (Å²) in [6.07, 6.45) is 3.88. The van der Waals surface area contributed by atoms with E-state index >= 15 is 0 Å². The average molecular weight is 344 g/mol. The van der Waals surface area contributed by atoms with Crippen molar-refractivity contribution < 1.29 is 4.39 Å². The van der Waals surface area contributed by atoms with Crippen LogP contribution in [0.3, 0.4) is 0 Å². The van der Waals surface area contributed by atoms with Gasteiger partial charge in [-0.05, 0) is 37.5 Å². The molecule has 1 aliphatic heterocycles. The number of nitrogens with zero attached hydrogens (tertiary/aromatic N) is 3. The Morgan fingerprint density at radius 3 is 2.92 bits per heavy atom. The smallest absolute Gasteiger partial charge is 0.229 e. The topological polar surface area (TPSA) is 93.1 Å². The predicted octanol–water partition coefficient (Wildman–Crippen LogP) is 2.82. The molecule has 0 amide bonds. The van der Waals surface area contributed by atoms with Crippen molar-refractivity contribution in [3.05, 3.63) is 35.8 Å². The maximum atomic E-state index is 14.0. The number of nitrogens with two attached hydrogens (primary N) is 2. The van der Waals surface area contributed by atoms with Crippen molar-refractivity contribution in [2.45, 2.75) is 38.6 Å². The quantitative estimate of drug-likeness (QED) is 0.722. The molecule has 6 nitrogen and oxygen atoms in total. The molecule has 0 radical (unpaired) electrons. The van der Waals surface area contributed by atoms with Gasteiger partial charge in [-0.25, -0.2) is 9.37 Å². The van der Waals surface area contributed by atoms with Crippen LogP contribution in [-0.4, -0.2) is 29.1 Å². The van der Waals surface area contributed by atoms with E-state index in [1.807, 2.05) is 6.07 Å². The number of nitrogens with one attached hydrogen (secondary N) is 1. The number of benzene rings is 1. The Labute approximate surface area is 147 Å². The lowest BCUT2D eigenvalue weighted by molar-refractivity contribution is 0.503. The minimum absolute atomic E-state index is 0.154. The molecule has 0 spiro atoms. The Morgan fingerprint density at radius 2 is 2.16 bits per heavy atom. The number of aromatic nitrogens is 2. The van der Waals surface area contributed by atoms with E-state index in [0.29, 0.717) is 11.6 Å². The van der Waals surface area contributed by atoms with Gasteiger partial charge in [-0.3, -0.25) is 0 Å². The summed E-state index contributed by atoms with van der Waals surface area (Å²) in [6.45, 7) is 3.79. The molecule has 0 saturated carbocycles. The van der Waals surface area contributed by atoms with E-state index in [1.54, 1.807) is 6.07 Å². The molecule has 1 saturated heterocycles. The Bertz CT molecular complexity index is 736. The summed E-state index contributed by atoms with van der Waals surface area (Å²) >= 11 is 0. The largest absolute Gasteiger partial charge is 0.399 e. The summed E-state index contributed by atoms with van der Waals surface area (Å²) in [5.41, 5.74) is 13.5. The SMILES string of the molecule is CCCc1cc(N2CCC[C@@H](N)C2)nc(Nc2cc(N)ccc2F)n1. The van der Waals surface area contributed by atoms with Crippen LogP contribution in [0.5, 0.6) is 0 Å². The van der Waals surface area contributed by atoms with Gasteiger partial charge in [-0.2, -0.15) is 4.98 Å². The van der Waals surface area contributed by atoms with Crippen LogP contribution >= 0.6 is 0 Å². The van der Waals surface area contributed by atoms with Gasteiger partial charge >= 0.3 is 0 Å². The van der Waals surface area contributed by atoms with Gasteiger partial charge in [0.05, 0.1) is 5.69 Å². The van der Waals surface area contributed by atoms with E-state index in [9.17, 15) is 4.39 Å². The average Bonchev–Trinajstić information content (AvgIpc) is 2.58. The minimum atomic E-state index is -0.389. The van der Waals surface area contributed by atoms with E-state index in [-0.39, 0.29) is 17.5 Å². The number of hydrogen-bond acceptors (Lipinski definition) is 6. The van der Waals surface area contributed by atoms with Crippen molar-refractivity contribution in [1.29, 1.82) is 0 Å². The Kier molecular flexibility index (Phi) is 5.33. The second kappa shape index (κ2) is 7.65. The molecule has 0 aliphatic carbocycles. The van der Waals surface area contributed by atoms with Crippen LogP contribution in [-0.2, 0) is 6.42 Å².